The summed E-state index contributed by atoms with van der Waals surface area (Å²) in [5.41, 5.74) is 0.383. The largest absolute Gasteiger partial charge is 0.565 e. The second-order valence-corrected chi connectivity index (χ2v) is 1.72. The predicted octanol–water partition coefficient (Wildman–Crippen LogP) is 1.05. The molecule has 1 heterocycles. The Morgan fingerprint density at radius 1 is 1.45 bits per heavy atom. The van der Waals surface area contributed by atoms with E-state index in [0.717, 1.165) is 0 Å². The molecule has 0 atom stereocenters. The minimum absolute atomic E-state index is 0. The molecule has 0 aliphatic rings. The van der Waals surface area contributed by atoms with Crippen LogP contribution in [0.15, 0.2) is 6.07 Å². The molecule has 0 saturated heterocycles. The van der Waals surface area contributed by atoms with Crippen LogP contribution in [-0.4, -0.2) is 15.2 Å². The van der Waals surface area contributed by atoms with E-state index < -0.39 is 0 Å². The first kappa shape index (κ1) is 13.4. The van der Waals surface area contributed by atoms with E-state index in [1.165, 1.54) is 6.07 Å². The van der Waals surface area contributed by atoms with Gasteiger partial charge < -0.3 is 22.6 Å². The van der Waals surface area contributed by atoms with Crippen LogP contribution in [0.5, 0.6) is 11.6 Å². The molecule has 59 valence electrons. The molecule has 1 rings (SSSR count). The van der Waals surface area contributed by atoms with Gasteiger partial charge >= 0.3 is 0 Å². The molecule has 0 unspecified atom stereocenters. The van der Waals surface area contributed by atoms with E-state index >= 15 is 0 Å². The van der Waals surface area contributed by atoms with Gasteiger partial charge in [0.2, 0.25) is 0 Å². The Morgan fingerprint density at radius 2 is 2.00 bits per heavy atom. The van der Waals surface area contributed by atoms with Crippen LogP contribution >= 0.6 is 0 Å². The minimum atomic E-state index is -0.171. The molecule has 0 aromatic carbocycles. The minimum Gasteiger partial charge on any atom is -0.565 e. The van der Waals surface area contributed by atoms with Crippen molar-refractivity contribution in [3.63, 3.8) is 0 Å². The van der Waals surface area contributed by atoms with Crippen LogP contribution in [0, 0.1) is 20.5 Å². The molecule has 0 spiro atoms. The number of hydrogen-bond donors (Lipinski definition) is 2. The molecule has 0 bridgehead atoms. The van der Waals surface area contributed by atoms with Crippen molar-refractivity contribution in [3.05, 3.63) is 25.3 Å². The van der Waals surface area contributed by atoms with Crippen LogP contribution in [0.3, 0.4) is 0 Å². The first-order chi connectivity index (χ1) is 4.22. The van der Waals surface area contributed by atoms with Crippen molar-refractivity contribution in [2.75, 3.05) is 0 Å². The van der Waals surface area contributed by atoms with E-state index in [1.807, 2.05) is 0 Å². The molecule has 0 amide bonds. The quantitative estimate of drug-likeness (QED) is 0.652. The normalized spacial score (nSPS) is 7.73. The predicted molar refractivity (Wildman–Crippen MR) is 37.6 cm³/mol. The summed E-state index contributed by atoms with van der Waals surface area (Å²) in [4.78, 5) is 3.41. The van der Waals surface area contributed by atoms with Gasteiger partial charge in [0.1, 0.15) is 5.88 Å². The van der Waals surface area contributed by atoms with E-state index in [0.29, 0.717) is 5.56 Å². The van der Waals surface area contributed by atoms with Gasteiger partial charge in [-0.15, -0.1) is 6.07 Å². The molecular weight excluding hydrogens is 219 g/mol. The molecule has 3 nitrogen and oxygen atoms in total. The zero-order valence-electron chi connectivity index (χ0n) is 6.50. The summed E-state index contributed by atoms with van der Waals surface area (Å²) in [6.45, 7) is 1.57. The van der Waals surface area contributed by atoms with Gasteiger partial charge in [0.05, 0.1) is 0 Å². The number of nitrogens with zero attached hydrogens (tertiary/aromatic N) is 1. The van der Waals surface area contributed by atoms with Crippen molar-refractivity contribution in [2.24, 2.45) is 0 Å². The molecule has 1 aromatic rings. The van der Waals surface area contributed by atoms with E-state index in [4.69, 9.17) is 10.2 Å². The van der Waals surface area contributed by atoms with Gasteiger partial charge in [-0.25, -0.2) is 0 Å². The fourth-order valence-corrected chi connectivity index (χ4v) is 0.461. The Balaban J connectivity index is 0. The molecule has 2 N–H and O–H groups in total. The van der Waals surface area contributed by atoms with E-state index in [9.17, 15) is 0 Å². The summed E-state index contributed by atoms with van der Waals surface area (Å²) in [7, 11) is 0. The molecule has 0 fully saturated rings. The third-order valence-electron chi connectivity index (χ3n) is 1.09. The second kappa shape index (κ2) is 5.50. The van der Waals surface area contributed by atoms with Gasteiger partial charge in [0.25, 0.3) is 0 Å². The summed E-state index contributed by atoms with van der Waals surface area (Å²) in [5.74, 6) is -0.155. The molecule has 0 aliphatic carbocycles. The summed E-state index contributed by atoms with van der Waals surface area (Å²) in [5, 5.41) is 17.7. The fraction of sp³-hybridized carbons (Fsp3) is 0.143. The Kier molecular flexibility index (Phi) is 6.72. The van der Waals surface area contributed by atoms with Gasteiger partial charge in [-0.2, -0.15) is 0 Å². The van der Waals surface area contributed by atoms with Gasteiger partial charge in [0, 0.05) is 38.5 Å². The van der Waals surface area contributed by atoms with E-state index in [2.05, 4.69) is 11.2 Å². The van der Waals surface area contributed by atoms with Crippen molar-refractivity contribution in [2.45, 2.75) is 6.92 Å². The van der Waals surface area contributed by atoms with Crippen LogP contribution < -0.4 is 0 Å². The summed E-state index contributed by atoms with van der Waals surface area (Å²) in [6, 6.07) is 1.30. The third kappa shape index (κ3) is 3.17. The molecular formula is C7H9NO2Y-2. The maximum absolute atomic E-state index is 8.87. The molecule has 0 aliphatic heterocycles. The zero-order valence-corrected chi connectivity index (χ0v) is 9.33. The molecule has 0 saturated carbocycles. The van der Waals surface area contributed by atoms with Gasteiger partial charge in [-0.3, -0.25) is 0 Å². The van der Waals surface area contributed by atoms with Crippen LogP contribution in [0.1, 0.15) is 5.56 Å². The average molecular weight is 228 g/mol. The van der Waals surface area contributed by atoms with Crippen LogP contribution in [-0.2, 0) is 32.7 Å². The first-order valence-electron chi connectivity index (χ1n) is 2.47. The Morgan fingerprint density at radius 3 is 2.36 bits per heavy atom. The average Bonchev–Trinajstić information content (AvgIpc) is 1.83. The summed E-state index contributed by atoms with van der Waals surface area (Å²) in [6.07, 6.45) is 2.32. The maximum atomic E-state index is 8.87. The number of aromatic nitrogens is 1. The molecule has 1 radical (unpaired) electrons. The van der Waals surface area contributed by atoms with Gasteiger partial charge in [-0.05, 0) is 0 Å². The van der Waals surface area contributed by atoms with Crippen molar-refractivity contribution in [1.82, 2.24) is 4.98 Å². The Hall–Kier alpha value is -0.146. The van der Waals surface area contributed by atoms with E-state index in [1.54, 1.807) is 6.92 Å². The third-order valence-corrected chi connectivity index (χ3v) is 1.09. The number of hydrogen-bond acceptors (Lipinski definition) is 3. The second-order valence-electron chi connectivity index (χ2n) is 1.72. The summed E-state index contributed by atoms with van der Waals surface area (Å²) >= 11 is 0. The number of rotatable bonds is 0. The smallest absolute Gasteiger partial charge is 0.101 e. The number of aromatic hydroxyl groups is 2. The topological polar surface area (TPSA) is 53.4 Å². The molecule has 4 heteroatoms. The van der Waals surface area contributed by atoms with E-state index in [-0.39, 0.29) is 51.8 Å². The van der Waals surface area contributed by atoms with Gasteiger partial charge in [0.15, 0.2) is 0 Å². The number of pyridine rings is 1. The summed E-state index contributed by atoms with van der Waals surface area (Å²) < 4.78 is 0. The van der Waals surface area contributed by atoms with Crippen molar-refractivity contribution in [3.8, 4) is 11.6 Å². The SMILES string of the molecule is Cc1c(O)c[c-]nc1O.[CH3-].[Y]. The van der Waals surface area contributed by atoms with Crippen LogP contribution in [0.25, 0.3) is 0 Å². The first-order valence-corrected chi connectivity index (χ1v) is 2.47. The van der Waals surface area contributed by atoms with Crippen molar-refractivity contribution >= 4 is 0 Å². The van der Waals surface area contributed by atoms with Crippen molar-refractivity contribution < 1.29 is 42.9 Å². The molecule has 1 aromatic heterocycles. The Bertz CT molecular complexity index is 207. The van der Waals surface area contributed by atoms with Gasteiger partial charge in [-0.1, -0.05) is 18.7 Å². The standard InChI is InChI=1S/C6H6NO2.CH3.Y/c1-4-5(8)2-3-7-6(4)9;;/h2H,1H3,(H2,7,8,9);1H3;/q2*-1;. The molecule has 11 heavy (non-hydrogen) atoms. The fourth-order valence-electron chi connectivity index (χ4n) is 0.461. The monoisotopic (exact) mass is 228 g/mol. The van der Waals surface area contributed by atoms with Crippen molar-refractivity contribution in [1.29, 1.82) is 0 Å². The van der Waals surface area contributed by atoms with Crippen LogP contribution in [0.4, 0.5) is 0 Å². The zero-order chi connectivity index (χ0) is 6.85. The van der Waals surface area contributed by atoms with Crippen LogP contribution in [0.2, 0.25) is 0 Å². The maximum Gasteiger partial charge on any atom is 0.101 e. The Labute approximate surface area is 91.4 Å².